The summed E-state index contributed by atoms with van der Waals surface area (Å²) in [6.45, 7) is 3.87. The molecule has 0 aromatic carbocycles. The normalized spacial score (nSPS) is 38.0. The van der Waals surface area contributed by atoms with Gasteiger partial charge in [-0.25, -0.2) is 0 Å². The van der Waals surface area contributed by atoms with E-state index in [0.29, 0.717) is 13.2 Å². The number of ether oxygens (including phenoxy) is 4. The molecule has 2 heterocycles. The van der Waals surface area contributed by atoms with Gasteiger partial charge in [0.25, 0.3) is 0 Å². The average molecular weight is 244 g/mol. The molecule has 0 amide bonds. The first kappa shape index (κ1) is 12.8. The zero-order chi connectivity index (χ0) is 12.3. The Morgan fingerprint density at radius 3 is 2.94 bits per heavy atom. The van der Waals surface area contributed by atoms with Crippen molar-refractivity contribution >= 4 is 5.97 Å². The van der Waals surface area contributed by atoms with Gasteiger partial charge in [-0.3, -0.25) is 4.79 Å². The minimum atomic E-state index is -0.612. The number of rotatable bonds is 3. The highest BCUT2D eigenvalue weighted by Gasteiger charge is 2.45. The predicted molar refractivity (Wildman–Crippen MR) is 59.4 cm³/mol. The SMILES string of the molecule is COC(=O)CC1COC(C)(C2CCCOC2)O1. The van der Waals surface area contributed by atoms with Gasteiger partial charge in [0.15, 0.2) is 5.79 Å². The lowest BCUT2D eigenvalue weighted by Gasteiger charge is -2.35. The molecule has 2 saturated heterocycles. The molecule has 0 aromatic heterocycles. The van der Waals surface area contributed by atoms with E-state index in [4.69, 9.17) is 14.2 Å². The molecule has 3 atom stereocenters. The second-order valence-corrected chi connectivity index (χ2v) is 4.76. The van der Waals surface area contributed by atoms with Crippen molar-refractivity contribution < 1.29 is 23.7 Å². The highest BCUT2D eigenvalue weighted by Crippen LogP contribution is 2.36. The van der Waals surface area contributed by atoms with E-state index in [2.05, 4.69) is 4.74 Å². The molecule has 2 aliphatic rings. The van der Waals surface area contributed by atoms with E-state index in [1.54, 1.807) is 0 Å². The Hall–Kier alpha value is -0.650. The maximum absolute atomic E-state index is 11.2. The van der Waals surface area contributed by atoms with Crippen molar-refractivity contribution in [2.24, 2.45) is 5.92 Å². The standard InChI is InChI=1S/C12H20O5/c1-12(9-4-3-5-15-7-9)16-8-10(17-12)6-11(13)14-2/h9-10H,3-8H2,1-2H3. The van der Waals surface area contributed by atoms with Gasteiger partial charge in [-0.05, 0) is 19.8 Å². The number of esters is 1. The number of carbonyl (C=O) groups is 1. The molecule has 0 saturated carbocycles. The van der Waals surface area contributed by atoms with Crippen molar-refractivity contribution in [2.75, 3.05) is 26.9 Å². The van der Waals surface area contributed by atoms with Crippen LogP contribution in [0.2, 0.25) is 0 Å². The van der Waals surface area contributed by atoms with Crippen LogP contribution in [-0.4, -0.2) is 44.8 Å². The average Bonchev–Trinajstić information content (AvgIpc) is 2.73. The van der Waals surface area contributed by atoms with E-state index in [1.807, 2.05) is 6.92 Å². The topological polar surface area (TPSA) is 54.0 Å². The van der Waals surface area contributed by atoms with Crippen LogP contribution >= 0.6 is 0 Å². The maximum atomic E-state index is 11.2. The highest BCUT2D eigenvalue weighted by molar-refractivity contribution is 5.69. The van der Waals surface area contributed by atoms with Crippen molar-refractivity contribution in [3.63, 3.8) is 0 Å². The van der Waals surface area contributed by atoms with Crippen molar-refractivity contribution in [1.82, 2.24) is 0 Å². The molecule has 0 spiro atoms. The molecule has 0 bridgehead atoms. The van der Waals surface area contributed by atoms with Crippen LogP contribution in [0.5, 0.6) is 0 Å². The van der Waals surface area contributed by atoms with E-state index in [1.165, 1.54) is 7.11 Å². The quantitative estimate of drug-likeness (QED) is 0.696. The molecular weight excluding hydrogens is 224 g/mol. The molecular formula is C12H20O5. The zero-order valence-corrected chi connectivity index (χ0v) is 10.4. The molecule has 2 rings (SSSR count). The van der Waals surface area contributed by atoms with Crippen LogP contribution < -0.4 is 0 Å². The van der Waals surface area contributed by atoms with Crippen LogP contribution in [0.3, 0.4) is 0 Å². The van der Waals surface area contributed by atoms with E-state index >= 15 is 0 Å². The summed E-state index contributed by atoms with van der Waals surface area (Å²) in [5.41, 5.74) is 0. The predicted octanol–water partition coefficient (Wildman–Crippen LogP) is 1.11. The number of carbonyl (C=O) groups excluding carboxylic acids is 1. The van der Waals surface area contributed by atoms with Crippen LogP contribution in [0, 0.1) is 5.92 Å². The molecule has 0 aromatic rings. The Balaban J connectivity index is 1.88. The van der Waals surface area contributed by atoms with Crippen LogP contribution in [-0.2, 0) is 23.7 Å². The Bertz CT molecular complexity index is 274. The molecule has 0 radical (unpaired) electrons. The van der Waals surface area contributed by atoms with Gasteiger partial charge >= 0.3 is 5.97 Å². The molecule has 98 valence electrons. The molecule has 2 aliphatic heterocycles. The summed E-state index contributed by atoms with van der Waals surface area (Å²) >= 11 is 0. The Kier molecular flexibility index (Phi) is 4.01. The van der Waals surface area contributed by atoms with Crippen LogP contribution in [0.15, 0.2) is 0 Å². The van der Waals surface area contributed by atoms with Gasteiger partial charge in [-0.15, -0.1) is 0 Å². The first-order valence-corrected chi connectivity index (χ1v) is 6.10. The summed E-state index contributed by atoms with van der Waals surface area (Å²) in [6.07, 6.45) is 2.13. The van der Waals surface area contributed by atoms with Crippen molar-refractivity contribution in [1.29, 1.82) is 0 Å². The largest absolute Gasteiger partial charge is 0.469 e. The van der Waals surface area contributed by atoms with E-state index in [9.17, 15) is 4.79 Å². The third-order valence-corrected chi connectivity index (χ3v) is 3.48. The minimum Gasteiger partial charge on any atom is -0.469 e. The van der Waals surface area contributed by atoms with Crippen LogP contribution in [0.1, 0.15) is 26.2 Å². The summed E-state index contributed by atoms with van der Waals surface area (Å²) in [4.78, 5) is 11.2. The van der Waals surface area contributed by atoms with Crippen LogP contribution in [0.25, 0.3) is 0 Å². The van der Waals surface area contributed by atoms with Gasteiger partial charge in [-0.1, -0.05) is 0 Å². The van der Waals surface area contributed by atoms with Gasteiger partial charge in [0, 0.05) is 12.5 Å². The van der Waals surface area contributed by atoms with E-state index in [-0.39, 0.29) is 24.4 Å². The fraction of sp³-hybridized carbons (Fsp3) is 0.917. The van der Waals surface area contributed by atoms with Crippen molar-refractivity contribution in [3.8, 4) is 0 Å². The van der Waals surface area contributed by atoms with Crippen molar-refractivity contribution in [3.05, 3.63) is 0 Å². The number of hydrogen-bond donors (Lipinski definition) is 0. The summed E-state index contributed by atoms with van der Waals surface area (Å²) in [6, 6.07) is 0. The van der Waals surface area contributed by atoms with E-state index < -0.39 is 5.79 Å². The van der Waals surface area contributed by atoms with Gasteiger partial charge < -0.3 is 18.9 Å². The Morgan fingerprint density at radius 1 is 1.47 bits per heavy atom. The molecule has 2 fully saturated rings. The van der Waals surface area contributed by atoms with Gasteiger partial charge in [-0.2, -0.15) is 0 Å². The third kappa shape index (κ3) is 2.97. The molecule has 0 N–H and O–H groups in total. The fourth-order valence-corrected chi connectivity index (χ4v) is 2.40. The summed E-state index contributed by atoms with van der Waals surface area (Å²) in [5, 5.41) is 0. The molecule has 5 nitrogen and oxygen atoms in total. The smallest absolute Gasteiger partial charge is 0.308 e. The lowest BCUT2D eigenvalue weighted by atomic mass is 9.94. The lowest BCUT2D eigenvalue weighted by molar-refractivity contribution is -0.212. The molecule has 0 aliphatic carbocycles. The fourth-order valence-electron chi connectivity index (χ4n) is 2.40. The van der Waals surface area contributed by atoms with E-state index in [0.717, 1.165) is 19.4 Å². The summed E-state index contributed by atoms with van der Waals surface area (Å²) in [7, 11) is 1.38. The monoisotopic (exact) mass is 244 g/mol. The maximum Gasteiger partial charge on any atom is 0.308 e. The van der Waals surface area contributed by atoms with Gasteiger partial charge in [0.05, 0.1) is 32.8 Å². The lowest BCUT2D eigenvalue weighted by Crippen LogP contribution is -2.41. The Morgan fingerprint density at radius 2 is 2.29 bits per heavy atom. The second-order valence-electron chi connectivity index (χ2n) is 4.76. The molecule has 17 heavy (non-hydrogen) atoms. The highest BCUT2D eigenvalue weighted by atomic mass is 16.7. The van der Waals surface area contributed by atoms with Gasteiger partial charge in [0.1, 0.15) is 0 Å². The van der Waals surface area contributed by atoms with Crippen LogP contribution in [0.4, 0.5) is 0 Å². The third-order valence-electron chi connectivity index (χ3n) is 3.48. The Labute approximate surface area is 101 Å². The summed E-state index contributed by atoms with van der Waals surface area (Å²) < 4.78 is 21.7. The first-order valence-electron chi connectivity index (χ1n) is 6.10. The summed E-state index contributed by atoms with van der Waals surface area (Å²) in [5.74, 6) is -0.624. The number of methoxy groups -OCH3 is 1. The van der Waals surface area contributed by atoms with Gasteiger partial charge in [0.2, 0.25) is 0 Å². The second kappa shape index (κ2) is 5.33. The minimum absolute atomic E-state index is 0.200. The zero-order valence-electron chi connectivity index (χ0n) is 10.4. The first-order chi connectivity index (χ1) is 8.14. The van der Waals surface area contributed by atoms with Crippen molar-refractivity contribution in [2.45, 2.75) is 38.1 Å². The number of hydrogen-bond acceptors (Lipinski definition) is 5. The molecule has 3 unspecified atom stereocenters. The molecule has 5 heteroatoms.